The average molecular weight is 217 g/mol. The van der Waals surface area contributed by atoms with Crippen molar-refractivity contribution in [2.45, 2.75) is 32.7 Å². The highest BCUT2D eigenvalue weighted by molar-refractivity contribution is 7.99. The van der Waals surface area contributed by atoms with E-state index in [4.69, 9.17) is 4.74 Å². The summed E-state index contributed by atoms with van der Waals surface area (Å²) in [6.07, 6.45) is 2.47. The van der Waals surface area contributed by atoms with Crippen LogP contribution in [-0.2, 0) is 4.74 Å². The third-order valence-corrected chi connectivity index (χ3v) is 3.94. The lowest BCUT2D eigenvalue weighted by molar-refractivity contribution is 0.149. The molecule has 0 bridgehead atoms. The highest BCUT2D eigenvalue weighted by Crippen LogP contribution is 2.22. The summed E-state index contributed by atoms with van der Waals surface area (Å²) >= 11 is 2.06. The minimum absolute atomic E-state index is 0.364. The molecule has 3 heteroatoms. The summed E-state index contributed by atoms with van der Waals surface area (Å²) in [5, 5.41) is 3.65. The Morgan fingerprint density at radius 2 is 2.29 bits per heavy atom. The number of hydrogen-bond acceptors (Lipinski definition) is 3. The molecule has 84 valence electrons. The lowest BCUT2D eigenvalue weighted by Crippen LogP contribution is -2.37. The molecule has 1 aliphatic heterocycles. The van der Waals surface area contributed by atoms with Gasteiger partial charge in [0.1, 0.15) is 0 Å². The minimum Gasteiger partial charge on any atom is -0.385 e. The van der Waals surface area contributed by atoms with Gasteiger partial charge < -0.3 is 10.1 Å². The summed E-state index contributed by atoms with van der Waals surface area (Å²) in [5.41, 5.74) is 0.364. The number of thioether (sulfide) groups is 1. The summed E-state index contributed by atoms with van der Waals surface area (Å²) in [6.45, 7) is 6.60. The fourth-order valence-electron chi connectivity index (χ4n) is 1.58. The molecule has 1 fully saturated rings. The Morgan fingerprint density at radius 1 is 1.50 bits per heavy atom. The smallest absolute Gasteiger partial charge is 0.0467 e. The third kappa shape index (κ3) is 4.67. The zero-order valence-corrected chi connectivity index (χ0v) is 10.5. The molecule has 1 saturated heterocycles. The molecule has 0 radical (unpaired) electrons. The number of nitrogens with one attached hydrogen (secondary N) is 1. The van der Waals surface area contributed by atoms with E-state index >= 15 is 0 Å². The van der Waals surface area contributed by atoms with Crippen molar-refractivity contribution in [2.24, 2.45) is 5.41 Å². The van der Waals surface area contributed by atoms with Crippen molar-refractivity contribution in [1.29, 1.82) is 0 Å². The lowest BCUT2D eigenvalue weighted by Gasteiger charge is -2.26. The maximum Gasteiger partial charge on any atom is 0.0467 e. The highest BCUT2D eigenvalue weighted by atomic mass is 32.2. The maximum atomic E-state index is 5.12. The summed E-state index contributed by atoms with van der Waals surface area (Å²) in [5.74, 6) is 2.62. The second-order valence-corrected chi connectivity index (χ2v) is 6.00. The maximum absolute atomic E-state index is 5.12. The van der Waals surface area contributed by atoms with Crippen molar-refractivity contribution >= 4 is 11.8 Å². The first-order chi connectivity index (χ1) is 6.64. The van der Waals surface area contributed by atoms with Gasteiger partial charge in [-0.25, -0.2) is 0 Å². The van der Waals surface area contributed by atoms with E-state index in [1.165, 1.54) is 17.9 Å². The van der Waals surface area contributed by atoms with Gasteiger partial charge in [0, 0.05) is 32.1 Å². The Kier molecular flexibility index (Phi) is 5.28. The van der Waals surface area contributed by atoms with E-state index in [2.05, 4.69) is 30.9 Å². The summed E-state index contributed by atoms with van der Waals surface area (Å²) in [6, 6.07) is 0.752. The Labute approximate surface area is 92.2 Å². The van der Waals surface area contributed by atoms with Crippen molar-refractivity contribution in [3.8, 4) is 0 Å². The van der Waals surface area contributed by atoms with Gasteiger partial charge in [-0.2, -0.15) is 11.8 Å². The van der Waals surface area contributed by atoms with Crippen molar-refractivity contribution in [2.75, 3.05) is 31.8 Å². The first-order valence-electron chi connectivity index (χ1n) is 5.44. The Bertz CT molecular complexity index is 155. The van der Waals surface area contributed by atoms with Crippen LogP contribution in [0.2, 0.25) is 0 Å². The zero-order chi connectivity index (χ0) is 10.4. The monoisotopic (exact) mass is 217 g/mol. The van der Waals surface area contributed by atoms with Crippen LogP contribution in [0.5, 0.6) is 0 Å². The van der Waals surface area contributed by atoms with Crippen LogP contribution in [0, 0.1) is 5.41 Å². The van der Waals surface area contributed by atoms with Gasteiger partial charge in [0.25, 0.3) is 0 Å². The Hall–Kier alpha value is 0.270. The Morgan fingerprint density at radius 3 is 2.86 bits per heavy atom. The quantitative estimate of drug-likeness (QED) is 0.736. The van der Waals surface area contributed by atoms with E-state index in [0.717, 1.165) is 25.6 Å². The van der Waals surface area contributed by atoms with Crippen molar-refractivity contribution in [1.82, 2.24) is 5.32 Å². The van der Waals surface area contributed by atoms with E-state index in [1.54, 1.807) is 7.11 Å². The van der Waals surface area contributed by atoms with Crippen molar-refractivity contribution < 1.29 is 4.74 Å². The molecule has 1 heterocycles. The second kappa shape index (κ2) is 5.99. The van der Waals surface area contributed by atoms with Gasteiger partial charge in [-0.1, -0.05) is 13.8 Å². The molecule has 1 rings (SSSR count). The van der Waals surface area contributed by atoms with Crippen LogP contribution in [0.4, 0.5) is 0 Å². The Balaban J connectivity index is 2.14. The minimum atomic E-state index is 0.364. The lowest BCUT2D eigenvalue weighted by atomic mass is 9.89. The summed E-state index contributed by atoms with van der Waals surface area (Å²) in [4.78, 5) is 0. The molecule has 1 aliphatic rings. The van der Waals surface area contributed by atoms with E-state index in [1.807, 2.05) is 0 Å². The van der Waals surface area contributed by atoms with E-state index in [9.17, 15) is 0 Å². The number of hydrogen-bond donors (Lipinski definition) is 1. The van der Waals surface area contributed by atoms with Gasteiger partial charge >= 0.3 is 0 Å². The molecule has 1 unspecified atom stereocenters. The molecule has 0 aromatic rings. The predicted octanol–water partition coefficient (Wildman–Crippen LogP) is 2.14. The molecule has 1 atom stereocenters. The van der Waals surface area contributed by atoms with Gasteiger partial charge in [0.05, 0.1) is 0 Å². The molecule has 0 aromatic carbocycles. The molecule has 0 saturated carbocycles. The molecule has 0 aromatic heterocycles. The largest absolute Gasteiger partial charge is 0.385 e. The van der Waals surface area contributed by atoms with Gasteiger partial charge in [0.15, 0.2) is 0 Å². The predicted molar refractivity (Wildman–Crippen MR) is 64.0 cm³/mol. The van der Waals surface area contributed by atoms with Gasteiger partial charge in [0.2, 0.25) is 0 Å². The number of methoxy groups -OCH3 is 1. The van der Waals surface area contributed by atoms with Crippen LogP contribution in [0.15, 0.2) is 0 Å². The van der Waals surface area contributed by atoms with Crippen LogP contribution >= 0.6 is 11.8 Å². The molecular weight excluding hydrogens is 194 g/mol. The van der Waals surface area contributed by atoms with Gasteiger partial charge in [-0.05, 0) is 24.0 Å². The second-order valence-electron chi connectivity index (χ2n) is 4.85. The van der Waals surface area contributed by atoms with Crippen LogP contribution in [0.3, 0.4) is 0 Å². The average Bonchev–Trinajstić information content (AvgIpc) is 2.64. The molecule has 0 spiro atoms. The van der Waals surface area contributed by atoms with Crippen molar-refractivity contribution in [3.05, 3.63) is 0 Å². The van der Waals surface area contributed by atoms with Crippen molar-refractivity contribution in [3.63, 3.8) is 0 Å². The van der Waals surface area contributed by atoms with Crippen LogP contribution in [0.25, 0.3) is 0 Å². The molecule has 0 aliphatic carbocycles. The third-order valence-electron chi connectivity index (χ3n) is 2.78. The van der Waals surface area contributed by atoms with E-state index < -0.39 is 0 Å². The molecule has 0 amide bonds. The van der Waals surface area contributed by atoms with Crippen LogP contribution in [0.1, 0.15) is 26.7 Å². The number of rotatable bonds is 6. The molecule has 1 N–H and O–H groups in total. The first-order valence-corrected chi connectivity index (χ1v) is 6.59. The SMILES string of the molecule is COCCC(C)(C)CNC1CCSC1. The zero-order valence-electron chi connectivity index (χ0n) is 9.64. The van der Waals surface area contributed by atoms with Gasteiger partial charge in [-0.3, -0.25) is 0 Å². The molecule has 14 heavy (non-hydrogen) atoms. The fourth-order valence-corrected chi connectivity index (χ4v) is 2.77. The standard InChI is InChI=1S/C11H23NOS/c1-11(2,5-6-13-3)9-12-10-4-7-14-8-10/h10,12H,4-9H2,1-3H3. The first kappa shape index (κ1) is 12.3. The normalized spacial score (nSPS) is 22.9. The summed E-state index contributed by atoms with van der Waals surface area (Å²) < 4.78 is 5.12. The highest BCUT2D eigenvalue weighted by Gasteiger charge is 2.21. The topological polar surface area (TPSA) is 21.3 Å². The van der Waals surface area contributed by atoms with E-state index in [0.29, 0.717) is 5.41 Å². The summed E-state index contributed by atoms with van der Waals surface area (Å²) in [7, 11) is 1.77. The molecular formula is C11H23NOS. The van der Waals surface area contributed by atoms with Crippen LogP contribution < -0.4 is 5.32 Å². The van der Waals surface area contributed by atoms with E-state index in [-0.39, 0.29) is 0 Å². The molecule has 2 nitrogen and oxygen atoms in total. The number of ether oxygens (including phenoxy) is 1. The van der Waals surface area contributed by atoms with Crippen LogP contribution in [-0.4, -0.2) is 37.8 Å². The fraction of sp³-hybridized carbons (Fsp3) is 1.00. The van der Waals surface area contributed by atoms with Gasteiger partial charge in [-0.15, -0.1) is 0 Å².